The standard InChI is InChI=1S/C19H25NO3/c1-4-14-5-7-15(8-6-14)18(13-21)20-12-16-11-17(22-2)9-10-19(16)23-3/h5-11,18,20-21H,4,12-13H2,1-3H3. The minimum absolute atomic E-state index is 0.0394. The van der Waals surface area contributed by atoms with Crippen molar-refractivity contribution in [3.8, 4) is 11.5 Å². The number of nitrogens with one attached hydrogen (secondary N) is 1. The summed E-state index contributed by atoms with van der Waals surface area (Å²) in [6, 6.07) is 13.9. The summed E-state index contributed by atoms with van der Waals surface area (Å²) in [7, 11) is 3.29. The smallest absolute Gasteiger partial charge is 0.123 e. The monoisotopic (exact) mass is 315 g/mol. The molecule has 4 heteroatoms. The van der Waals surface area contributed by atoms with Gasteiger partial charge in [0, 0.05) is 12.1 Å². The molecule has 0 bridgehead atoms. The van der Waals surface area contributed by atoms with Crippen molar-refractivity contribution in [2.75, 3.05) is 20.8 Å². The zero-order chi connectivity index (χ0) is 16.7. The number of hydrogen-bond donors (Lipinski definition) is 2. The minimum Gasteiger partial charge on any atom is -0.497 e. The first-order valence-electron chi connectivity index (χ1n) is 7.85. The summed E-state index contributed by atoms with van der Waals surface area (Å²) in [6.07, 6.45) is 1.01. The van der Waals surface area contributed by atoms with E-state index in [9.17, 15) is 5.11 Å². The Balaban J connectivity index is 2.10. The van der Waals surface area contributed by atoms with Crippen molar-refractivity contribution in [2.45, 2.75) is 25.9 Å². The minimum atomic E-state index is -0.114. The molecule has 23 heavy (non-hydrogen) atoms. The second-order valence-electron chi connectivity index (χ2n) is 5.39. The van der Waals surface area contributed by atoms with Crippen molar-refractivity contribution < 1.29 is 14.6 Å². The Hall–Kier alpha value is -2.04. The lowest BCUT2D eigenvalue weighted by Crippen LogP contribution is -2.24. The van der Waals surface area contributed by atoms with Gasteiger partial charge in [0.05, 0.1) is 26.9 Å². The molecule has 1 atom stereocenters. The Morgan fingerprint density at radius 3 is 2.35 bits per heavy atom. The summed E-state index contributed by atoms with van der Waals surface area (Å²) in [5, 5.41) is 13.1. The summed E-state index contributed by atoms with van der Waals surface area (Å²) in [5.41, 5.74) is 3.36. The topological polar surface area (TPSA) is 50.7 Å². The van der Waals surface area contributed by atoms with Crippen LogP contribution in [-0.4, -0.2) is 25.9 Å². The fourth-order valence-electron chi connectivity index (χ4n) is 2.53. The van der Waals surface area contributed by atoms with E-state index in [1.54, 1.807) is 14.2 Å². The predicted molar refractivity (Wildman–Crippen MR) is 92.0 cm³/mol. The molecule has 2 aromatic carbocycles. The molecule has 0 heterocycles. The van der Waals surface area contributed by atoms with Gasteiger partial charge in [0.1, 0.15) is 11.5 Å². The van der Waals surface area contributed by atoms with Crippen LogP contribution in [0, 0.1) is 0 Å². The van der Waals surface area contributed by atoms with Crippen LogP contribution in [0.5, 0.6) is 11.5 Å². The molecule has 0 amide bonds. The van der Waals surface area contributed by atoms with Gasteiger partial charge in [-0.1, -0.05) is 31.2 Å². The fourth-order valence-corrected chi connectivity index (χ4v) is 2.53. The zero-order valence-electron chi connectivity index (χ0n) is 14.0. The van der Waals surface area contributed by atoms with E-state index in [-0.39, 0.29) is 12.6 Å². The molecule has 0 saturated carbocycles. The van der Waals surface area contributed by atoms with Crippen LogP contribution in [0.2, 0.25) is 0 Å². The highest BCUT2D eigenvalue weighted by Crippen LogP contribution is 2.24. The van der Waals surface area contributed by atoms with Crippen molar-refractivity contribution in [1.29, 1.82) is 0 Å². The number of aliphatic hydroxyl groups excluding tert-OH is 1. The van der Waals surface area contributed by atoms with Gasteiger partial charge in [-0.25, -0.2) is 0 Å². The maximum absolute atomic E-state index is 9.69. The second kappa shape index (κ2) is 8.56. The van der Waals surface area contributed by atoms with Gasteiger partial charge in [-0.2, -0.15) is 0 Å². The lowest BCUT2D eigenvalue weighted by molar-refractivity contribution is 0.243. The van der Waals surface area contributed by atoms with Gasteiger partial charge < -0.3 is 19.9 Å². The maximum atomic E-state index is 9.69. The normalized spacial score (nSPS) is 12.0. The zero-order valence-corrected chi connectivity index (χ0v) is 14.0. The number of aryl methyl sites for hydroxylation is 1. The molecule has 0 spiro atoms. The van der Waals surface area contributed by atoms with E-state index in [4.69, 9.17) is 9.47 Å². The van der Waals surface area contributed by atoms with Crippen LogP contribution in [0.4, 0.5) is 0 Å². The van der Waals surface area contributed by atoms with Gasteiger partial charge in [0.2, 0.25) is 0 Å². The van der Waals surface area contributed by atoms with E-state index in [0.29, 0.717) is 6.54 Å². The molecular formula is C19H25NO3. The molecule has 2 aromatic rings. The van der Waals surface area contributed by atoms with Crippen molar-refractivity contribution in [2.24, 2.45) is 0 Å². The Bertz CT molecular complexity index is 611. The maximum Gasteiger partial charge on any atom is 0.123 e. The fraction of sp³-hybridized carbons (Fsp3) is 0.368. The van der Waals surface area contributed by atoms with Crippen LogP contribution in [0.15, 0.2) is 42.5 Å². The van der Waals surface area contributed by atoms with Crippen molar-refractivity contribution in [3.63, 3.8) is 0 Å². The number of methoxy groups -OCH3 is 2. The Morgan fingerprint density at radius 1 is 1.04 bits per heavy atom. The van der Waals surface area contributed by atoms with E-state index in [1.807, 2.05) is 18.2 Å². The average Bonchev–Trinajstić information content (AvgIpc) is 2.62. The van der Waals surface area contributed by atoms with E-state index < -0.39 is 0 Å². The van der Waals surface area contributed by atoms with Gasteiger partial charge >= 0.3 is 0 Å². The van der Waals surface area contributed by atoms with Crippen LogP contribution < -0.4 is 14.8 Å². The van der Waals surface area contributed by atoms with Crippen LogP contribution >= 0.6 is 0 Å². The van der Waals surface area contributed by atoms with Crippen LogP contribution in [0.3, 0.4) is 0 Å². The molecule has 1 unspecified atom stereocenters. The van der Waals surface area contributed by atoms with Crippen molar-refractivity contribution in [3.05, 3.63) is 59.2 Å². The lowest BCUT2D eigenvalue weighted by atomic mass is 10.0. The molecule has 0 aliphatic rings. The first-order chi connectivity index (χ1) is 11.2. The summed E-state index contributed by atoms with van der Waals surface area (Å²) in [6.45, 7) is 2.75. The number of ether oxygens (including phenoxy) is 2. The molecular weight excluding hydrogens is 290 g/mol. The Kier molecular flexibility index (Phi) is 6.44. The van der Waals surface area contributed by atoms with E-state index in [0.717, 1.165) is 29.0 Å². The van der Waals surface area contributed by atoms with Crippen molar-refractivity contribution >= 4 is 0 Å². The highest BCUT2D eigenvalue weighted by Gasteiger charge is 2.12. The highest BCUT2D eigenvalue weighted by atomic mass is 16.5. The molecule has 124 valence electrons. The second-order valence-corrected chi connectivity index (χ2v) is 5.39. The molecule has 0 aliphatic carbocycles. The lowest BCUT2D eigenvalue weighted by Gasteiger charge is -2.18. The largest absolute Gasteiger partial charge is 0.497 e. The quantitative estimate of drug-likeness (QED) is 0.786. The first kappa shape index (κ1) is 17.3. The summed E-state index contributed by atoms with van der Waals surface area (Å²) in [4.78, 5) is 0. The SMILES string of the molecule is CCc1ccc(C(CO)NCc2cc(OC)ccc2OC)cc1. The highest BCUT2D eigenvalue weighted by molar-refractivity contribution is 5.40. The number of benzene rings is 2. The molecule has 2 rings (SSSR count). The van der Waals surface area contributed by atoms with Gasteiger partial charge in [0.25, 0.3) is 0 Å². The summed E-state index contributed by atoms with van der Waals surface area (Å²) >= 11 is 0. The first-order valence-corrected chi connectivity index (χ1v) is 7.85. The summed E-state index contributed by atoms with van der Waals surface area (Å²) in [5.74, 6) is 1.59. The Labute approximate surface area is 138 Å². The van der Waals surface area contributed by atoms with E-state index in [1.165, 1.54) is 5.56 Å². The number of hydrogen-bond acceptors (Lipinski definition) is 4. The van der Waals surface area contributed by atoms with Crippen LogP contribution in [0.25, 0.3) is 0 Å². The molecule has 0 saturated heterocycles. The number of rotatable bonds is 8. The van der Waals surface area contributed by atoms with Crippen LogP contribution in [0.1, 0.15) is 29.7 Å². The third kappa shape index (κ3) is 4.47. The van der Waals surface area contributed by atoms with Gasteiger partial charge in [-0.3, -0.25) is 0 Å². The van der Waals surface area contributed by atoms with Crippen LogP contribution in [-0.2, 0) is 13.0 Å². The predicted octanol–water partition coefficient (Wildman–Crippen LogP) is 3.09. The average molecular weight is 315 g/mol. The molecule has 0 aliphatic heterocycles. The van der Waals surface area contributed by atoms with Gasteiger partial charge in [0.15, 0.2) is 0 Å². The van der Waals surface area contributed by atoms with E-state index in [2.05, 4.69) is 36.5 Å². The Morgan fingerprint density at radius 2 is 1.78 bits per heavy atom. The molecule has 2 N–H and O–H groups in total. The molecule has 0 aromatic heterocycles. The molecule has 0 radical (unpaired) electrons. The van der Waals surface area contributed by atoms with Gasteiger partial charge in [-0.15, -0.1) is 0 Å². The van der Waals surface area contributed by atoms with Gasteiger partial charge in [-0.05, 0) is 35.7 Å². The molecule has 4 nitrogen and oxygen atoms in total. The van der Waals surface area contributed by atoms with Crippen molar-refractivity contribution in [1.82, 2.24) is 5.32 Å². The third-order valence-corrected chi connectivity index (χ3v) is 4.00. The van der Waals surface area contributed by atoms with E-state index >= 15 is 0 Å². The molecule has 0 fully saturated rings. The summed E-state index contributed by atoms with van der Waals surface area (Å²) < 4.78 is 10.7. The number of aliphatic hydroxyl groups is 1. The third-order valence-electron chi connectivity index (χ3n) is 4.00.